The van der Waals surface area contributed by atoms with Crippen LogP contribution in [0.4, 0.5) is 0 Å². The van der Waals surface area contributed by atoms with Gasteiger partial charge in [-0.3, -0.25) is 0 Å². The van der Waals surface area contributed by atoms with Gasteiger partial charge in [0, 0.05) is 12.1 Å². The van der Waals surface area contributed by atoms with E-state index in [0.717, 1.165) is 12.1 Å². The van der Waals surface area contributed by atoms with Crippen LogP contribution in [-0.4, -0.2) is 32.2 Å². The van der Waals surface area contributed by atoms with Crippen molar-refractivity contribution in [3.8, 4) is 0 Å². The Morgan fingerprint density at radius 1 is 0.684 bits per heavy atom. The normalized spacial score (nSPS) is 21.8. The van der Waals surface area contributed by atoms with E-state index < -0.39 is 0 Å². The highest BCUT2D eigenvalue weighted by atomic mass is 14.9. The Bertz CT molecular complexity index is 164. The van der Waals surface area contributed by atoms with Gasteiger partial charge in [0.1, 0.15) is 0 Å². The minimum atomic E-state index is 0.832. The SMILES string of the molecule is C1CCC(NCCCNC2CCCCC2)CC1.CN. The highest BCUT2D eigenvalue weighted by Crippen LogP contribution is 2.18. The molecule has 0 aromatic rings. The zero-order chi connectivity index (χ0) is 13.8. The van der Waals surface area contributed by atoms with Crippen molar-refractivity contribution in [3.05, 3.63) is 0 Å². The van der Waals surface area contributed by atoms with E-state index in [2.05, 4.69) is 16.4 Å². The van der Waals surface area contributed by atoms with E-state index in [1.807, 2.05) is 0 Å². The third-order valence-corrected chi connectivity index (χ3v) is 4.43. The first kappa shape index (κ1) is 16.9. The van der Waals surface area contributed by atoms with Crippen LogP contribution < -0.4 is 16.4 Å². The summed E-state index contributed by atoms with van der Waals surface area (Å²) in [5.74, 6) is 0. The second-order valence-electron chi connectivity index (χ2n) is 5.93. The maximum atomic E-state index is 4.50. The van der Waals surface area contributed by atoms with Crippen molar-refractivity contribution in [1.29, 1.82) is 0 Å². The number of rotatable bonds is 6. The minimum Gasteiger partial charge on any atom is -0.333 e. The van der Waals surface area contributed by atoms with E-state index in [1.54, 1.807) is 0 Å². The van der Waals surface area contributed by atoms with E-state index in [4.69, 9.17) is 0 Å². The summed E-state index contributed by atoms with van der Waals surface area (Å²) in [5, 5.41) is 7.44. The summed E-state index contributed by atoms with van der Waals surface area (Å²) in [6, 6.07) is 1.66. The molecule has 4 N–H and O–H groups in total. The summed E-state index contributed by atoms with van der Waals surface area (Å²) in [6.07, 6.45) is 15.6. The summed E-state index contributed by atoms with van der Waals surface area (Å²) in [5.41, 5.74) is 4.50. The standard InChI is InChI=1S/C15H30N2.CH5N/c1-3-8-14(9-4-1)16-12-7-13-17-15-10-5-2-6-11-15;1-2/h14-17H,1-13H2;2H2,1H3. The van der Waals surface area contributed by atoms with Crippen molar-refractivity contribution in [1.82, 2.24) is 10.6 Å². The van der Waals surface area contributed by atoms with Crippen LogP contribution >= 0.6 is 0 Å². The lowest BCUT2D eigenvalue weighted by Gasteiger charge is -2.24. The van der Waals surface area contributed by atoms with Crippen LogP contribution in [0.2, 0.25) is 0 Å². The van der Waals surface area contributed by atoms with Crippen molar-refractivity contribution in [3.63, 3.8) is 0 Å². The monoisotopic (exact) mass is 269 g/mol. The van der Waals surface area contributed by atoms with Crippen molar-refractivity contribution in [2.24, 2.45) is 5.73 Å². The molecule has 0 amide bonds. The largest absolute Gasteiger partial charge is 0.333 e. The molecule has 3 nitrogen and oxygen atoms in total. The van der Waals surface area contributed by atoms with E-state index in [1.165, 1.54) is 90.8 Å². The molecule has 2 rings (SSSR count). The topological polar surface area (TPSA) is 50.1 Å². The number of nitrogens with two attached hydrogens (primary N) is 1. The molecular weight excluding hydrogens is 234 g/mol. The molecule has 3 heteroatoms. The van der Waals surface area contributed by atoms with Gasteiger partial charge in [-0.15, -0.1) is 0 Å². The second-order valence-corrected chi connectivity index (χ2v) is 5.93. The average Bonchev–Trinajstić information content (AvgIpc) is 2.51. The molecule has 0 heterocycles. The third kappa shape index (κ3) is 7.91. The lowest BCUT2D eigenvalue weighted by atomic mass is 9.95. The quantitative estimate of drug-likeness (QED) is 0.650. The van der Waals surface area contributed by atoms with Gasteiger partial charge in [0.05, 0.1) is 0 Å². The Kier molecular flexibility index (Phi) is 10.4. The molecule has 0 aromatic heterocycles. The Morgan fingerprint density at radius 2 is 1.05 bits per heavy atom. The van der Waals surface area contributed by atoms with Crippen LogP contribution in [0, 0.1) is 0 Å². The maximum Gasteiger partial charge on any atom is 0.00670 e. The molecule has 0 spiro atoms. The Hall–Kier alpha value is -0.120. The van der Waals surface area contributed by atoms with Gasteiger partial charge in [-0.2, -0.15) is 0 Å². The van der Waals surface area contributed by atoms with Crippen LogP contribution in [0.5, 0.6) is 0 Å². The molecule has 19 heavy (non-hydrogen) atoms. The molecule has 0 bridgehead atoms. The first-order valence-corrected chi connectivity index (χ1v) is 8.49. The first-order chi connectivity index (χ1) is 9.45. The molecule has 0 aliphatic heterocycles. The van der Waals surface area contributed by atoms with E-state index in [0.29, 0.717) is 0 Å². The molecule has 2 aliphatic carbocycles. The number of nitrogens with one attached hydrogen (secondary N) is 2. The Balaban J connectivity index is 0.000000861. The van der Waals surface area contributed by atoms with Gasteiger partial charge >= 0.3 is 0 Å². The molecule has 2 fully saturated rings. The lowest BCUT2D eigenvalue weighted by Crippen LogP contribution is -2.35. The highest BCUT2D eigenvalue weighted by Gasteiger charge is 2.13. The van der Waals surface area contributed by atoms with Crippen LogP contribution in [-0.2, 0) is 0 Å². The second kappa shape index (κ2) is 11.7. The summed E-state index contributed by atoms with van der Waals surface area (Å²) in [6.45, 7) is 2.43. The molecule has 0 radical (unpaired) electrons. The highest BCUT2D eigenvalue weighted by molar-refractivity contribution is 4.73. The van der Waals surface area contributed by atoms with Gasteiger partial charge in [0.2, 0.25) is 0 Å². The lowest BCUT2D eigenvalue weighted by molar-refractivity contribution is 0.354. The maximum absolute atomic E-state index is 4.50. The van der Waals surface area contributed by atoms with Crippen molar-refractivity contribution < 1.29 is 0 Å². The third-order valence-electron chi connectivity index (χ3n) is 4.43. The van der Waals surface area contributed by atoms with Gasteiger partial charge in [-0.05, 0) is 52.2 Å². The zero-order valence-corrected chi connectivity index (χ0v) is 12.9. The van der Waals surface area contributed by atoms with E-state index in [-0.39, 0.29) is 0 Å². The van der Waals surface area contributed by atoms with Crippen LogP contribution in [0.15, 0.2) is 0 Å². The molecule has 2 aliphatic rings. The first-order valence-electron chi connectivity index (χ1n) is 8.49. The Labute approximate surface area is 120 Å². The molecule has 0 saturated heterocycles. The smallest absolute Gasteiger partial charge is 0.00670 e. The van der Waals surface area contributed by atoms with Gasteiger partial charge in [0.25, 0.3) is 0 Å². The van der Waals surface area contributed by atoms with Crippen LogP contribution in [0.3, 0.4) is 0 Å². The summed E-state index contributed by atoms with van der Waals surface area (Å²) in [4.78, 5) is 0. The zero-order valence-electron chi connectivity index (χ0n) is 12.9. The summed E-state index contributed by atoms with van der Waals surface area (Å²) < 4.78 is 0. The molecule has 0 atom stereocenters. The molecule has 2 saturated carbocycles. The molecule has 114 valence electrons. The van der Waals surface area contributed by atoms with Crippen molar-refractivity contribution in [2.75, 3.05) is 20.1 Å². The van der Waals surface area contributed by atoms with Crippen LogP contribution in [0.25, 0.3) is 0 Å². The predicted octanol–water partition coefficient (Wildman–Crippen LogP) is 2.80. The molecular formula is C16H35N3. The number of hydrogen-bond acceptors (Lipinski definition) is 3. The van der Waals surface area contributed by atoms with Gasteiger partial charge in [-0.25, -0.2) is 0 Å². The van der Waals surface area contributed by atoms with Gasteiger partial charge in [0.15, 0.2) is 0 Å². The molecule has 0 unspecified atom stereocenters. The van der Waals surface area contributed by atoms with Crippen molar-refractivity contribution in [2.45, 2.75) is 82.7 Å². The predicted molar refractivity (Wildman–Crippen MR) is 84.5 cm³/mol. The van der Waals surface area contributed by atoms with E-state index >= 15 is 0 Å². The van der Waals surface area contributed by atoms with Gasteiger partial charge in [-0.1, -0.05) is 38.5 Å². The van der Waals surface area contributed by atoms with Crippen LogP contribution in [0.1, 0.15) is 70.6 Å². The fourth-order valence-corrected chi connectivity index (χ4v) is 3.31. The fourth-order valence-electron chi connectivity index (χ4n) is 3.31. The van der Waals surface area contributed by atoms with Crippen molar-refractivity contribution >= 4 is 0 Å². The minimum absolute atomic E-state index is 0.832. The summed E-state index contributed by atoms with van der Waals surface area (Å²) in [7, 11) is 1.50. The average molecular weight is 269 g/mol. The van der Waals surface area contributed by atoms with E-state index in [9.17, 15) is 0 Å². The Morgan fingerprint density at radius 3 is 1.42 bits per heavy atom. The fraction of sp³-hybridized carbons (Fsp3) is 1.00. The summed E-state index contributed by atoms with van der Waals surface area (Å²) >= 11 is 0. The number of hydrogen-bond donors (Lipinski definition) is 3. The van der Waals surface area contributed by atoms with Gasteiger partial charge < -0.3 is 16.4 Å². The molecule has 0 aromatic carbocycles.